The Bertz CT molecular complexity index is 2070. The van der Waals surface area contributed by atoms with E-state index in [9.17, 15) is 37.2 Å². The van der Waals surface area contributed by atoms with Crippen molar-refractivity contribution in [3.05, 3.63) is 65.6 Å². The summed E-state index contributed by atoms with van der Waals surface area (Å²) in [6.45, 7) is 22.8. The molecule has 336 valence electrons. The molecule has 2 heterocycles. The Labute approximate surface area is 366 Å². The van der Waals surface area contributed by atoms with Crippen LogP contribution in [-0.4, -0.2) is 103 Å². The lowest BCUT2D eigenvalue weighted by Crippen LogP contribution is -2.62. The fraction of sp³-hybridized carbons (Fsp3) is 0.600. The summed E-state index contributed by atoms with van der Waals surface area (Å²) in [5.41, 5.74) is -0.433. The minimum absolute atomic E-state index is 0.0173. The summed E-state index contributed by atoms with van der Waals surface area (Å²) in [4.78, 5) is 84.2. The summed E-state index contributed by atoms with van der Waals surface area (Å²) in [5.74, 6) is -2.95. The molecule has 61 heavy (non-hydrogen) atoms. The summed E-state index contributed by atoms with van der Waals surface area (Å²) in [6.07, 6.45) is 2.27. The van der Waals surface area contributed by atoms with Gasteiger partial charge in [0, 0.05) is 38.3 Å². The molecule has 14 nitrogen and oxygen atoms in total. The van der Waals surface area contributed by atoms with Crippen molar-refractivity contribution in [1.82, 2.24) is 31.1 Å². The van der Waals surface area contributed by atoms with Crippen LogP contribution in [0.2, 0.25) is 0 Å². The maximum Gasteiger partial charge on any atom is 0.315 e. The Balaban J connectivity index is 1.48. The van der Waals surface area contributed by atoms with E-state index >= 15 is 0 Å². The molecule has 1 saturated heterocycles. The van der Waals surface area contributed by atoms with E-state index in [0.717, 1.165) is 11.3 Å². The van der Waals surface area contributed by atoms with Gasteiger partial charge in [0.05, 0.1) is 11.3 Å². The molecular weight excluding hydrogens is 817 g/mol. The maximum absolute atomic E-state index is 14.6. The number of benzene rings is 1. The van der Waals surface area contributed by atoms with Crippen molar-refractivity contribution in [2.75, 3.05) is 20.1 Å². The smallest absolute Gasteiger partial charge is 0.315 e. The second-order valence-electron chi connectivity index (χ2n) is 19.3. The number of hydrogen-bond acceptors (Lipinski definition) is 9. The fourth-order valence-corrected chi connectivity index (χ4v) is 11.2. The van der Waals surface area contributed by atoms with Gasteiger partial charge in [-0.2, -0.15) is 0 Å². The van der Waals surface area contributed by atoms with Crippen molar-refractivity contribution in [2.45, 2.75) is 129 Å². The van der Waals surface area contributed by atoms with Crippen molar-refractivity contribution in [2.24, 2.45) is 28.1 Å². The molecule has 2 unspecified atom stereocenters. The molecule has 1 aromatic carbocycles. The second-order valence-corrected chi connectivity index (χ2v) is 22.8. The van der Waals surface area contributed by atoms with Crippen LogP contribution >= 0.6 is 11.3 Å². The number of thiophene rings is 1. The molecule has 0 radical (unpaired) electrons. The highest BCUT2D eigenvalue weighted by atomic mass is 32.2. The van der Waals surface area contributed by atoms with Gasteiger partial charge < -0.3 is 31.1 Å². The average Bonchev–Trinajstić information content (AvgIpc) is 3.56. The van der Waals surface area contributed by atoms with Crippen molar-refractivity contribution in [3.63, 3.8) is 0 Å². The topological polar surface area (TPSA) is 191 Å². The summed E-state index contributed by atoms with van der Waals surface area (Å²) in [5, 5.41) is 11.9. The zero-order chi connectivity index (χ0) is 45.8. The van der Waals surface area contributed by atoms with Crippen molar-refractivity contribution >= 4 is 56.6 Å². The van der Waals surface area contributed by atoms with Gasteiger partial charge in [-0.25, -0.2) is 13.2 Å². The van der Waals surface area contributed by atoms with Gasteiger partial charge in [-0.05, 0) is 77.0 Å². The van der Waals surface area contributed by atoms with Gasteiger partial charge in [0.2, 0.25) is 17.6 Å². The Morgan fingerprint density at radius 3 is 2.21 bits per heavy atom. The lowest BCUT2D eigenvalue weighted by Gasteiger charge is -2.39. The average molecular weight is 883 g/mol. The largest absolute Gasteiger partial charge is 0.346 e. The number of Topliss-reactive ketones (excluding diaryl/α,β-unsaturated/α-hetero) is 1. The molecule has 0 bridgehead atoms. The number of rotatable bonds is 18. The molecule has 2 fully saturated rings. The van der Waals surface area contributed by atoms with E-state index in [1.807, 2.05) is 68.4 Å². The van der Waals surface area contributed by atoms with E-state index in [1.165, 1.54) is 15.9 Å². The molecule has 1 saturated carbocycles. The van der Waals surface area contributed by atoms with Crippen molar-refractivity contribution in [3.8, 4) is 0 Å². The first-order chi connectivity index (χ1) is 28.3. The van der Waals surface area contributed by atoms with E-state index in [1.54, 1.807) is 49.7 Å². The summed E-state index contributed by atoms with van der Waals surface area (Å²) < 4.78 is 28.0. The van der Waals surface area contributed by atoms with Gasteiger partial charge in [-0.1, -0.05) is 93.0 Å². The molecule has 4 rings (SSSR count). The summed E-state index contributed by atoms with van der Waals surface area (Å²) in [7, 11) is -2.18. The Hall–Kier alpha value is -4.57. The number of piperidine rings is 1. The molecule has 0 spiro atoms. The molecule has 1 aliphatic heterocycles. The zero-order valence-corrected chi connectivity index (χ0v) is 39.2. The van der Waals surface area contributed by atoms with Gasteiger partial charge in [0.15, 0.2) is 9.84 Å². The van der Waals surface area contributed by atoms with E-state index in [4.69, 9.17) is 0 Å². The Morgan fingerprint density at radius 2 is 1.64 bits per heavy atom. The Kier molecular flexibility index (Phi) is 15.5. The third-order valence-electron chi connectivity index (χ3n) is 12.1. The number of sulfone groups is 1. The highest BCUT2D eigenvalue weighted by Gasteiger charge is 2.70. The standard InChI is InChI=1S/C45H66N6O8S2/c1-13-18-31(36(52)39(54)46-21-14-2)47-38(53)35-34-30(45(34,10)11)25-51(35)41(56)37(44(7,8)9)49-42(57)48-32(43(4,5)6)22-27(3)61(58,59)33-23-28(26-60-33)24-50(12)40(55)29-19-16-15-17-20-29/h14-17,19-20,23,26-27,30-32,34-35,37H,2,13,18,21-22,24-25H2,1,3-12H3,(H,46,54)(H,47,53)(H2,48,49,57)/t27?,30-,31?,32+,34-,35-,37+/m0/s1. The molecule has 7 atom stereocenters. The lowest BCUT2D eigenvalue weighted by molar-refractivity contribution is -0.145. The number of carbonyl (C=O) groups excluding carboxylic acids is 6. The predicted octanol–water partition coefficient (Wildman–Crippen LogP) is 5.34. The second kappa shape index (κ2) is 19.2. The zero-order valence-electron chi connectivity index (χ0n) is 37.6. The summed E-state index contributed by atoms with van der Waals surface area (Å²) in [6, 6.07) is 6.05. The van der Waals surface area contributed by atoms with Gasteiger partial charge in [-0.3, -0.25) is 24.0 Å². The Morgan fingerprint density at radius 1 is 1.00 bits per heavy atom. The van der Waals surface area contributed by atoms with Crippen LogP contribution in [0.15, 0.2) is 58.6 Å². The van der Waals surface area contributed by atoms with Crippen LogP contribution in [0, 0.1) is 28.1 Å². The number of nitrogens with zero attached hydrogens (tertiary/aromatic N) is 2. The van der Waals surface area contributed by atoms with E-state index in [-0.39, 0.29) is 59.8 Å². The number of hydrogen-bond donors (Lipinski definition) is 4. The third-order valence-corrected chi connectivity index (χ3v) is 15.8. The normalized spacial score (nSPS) is 20.2. The number of likely N-dealkylation sites (tertiary alicyclic amines) is 1. The molecule has 2 aromatic rings. The van der Waals surface area contributed by atoms with Crippen LogP contribution in [0.25, 0.3) is 0 Å². The van der Waals surface area contributed by atoms with Gasteiger partial charge in [-0.15, -0.1) is 17.9 Å². The molecule has 6 amide bonds. The molecule has 16 heteroatoms. The number of amides is 6. The van der Waals surface area contributed by atoms with Gasteiger partial charge in [0.1, 0.15) is 16.3 Å². The van der Waals surface area contributed by atoms with Gasteiger partial charge >= 0.3 is 6.03 Å². The third kappa shape index (κ3) is 11.5. The molecule has 2 aliphatic rings. The van der Waals surface area contributed by atoms with Crippen LogP contribution < -0.4 is 21.3 Å². The van der Waals surface area contributed by atoms with E-state index in [2.05, 4.69) is 27.8 Å². The van der Waals surface area contributed by atoms with Crippen LogP contribution in [0.3, 0.4) is 0 Å². The van der Waals surface area contributed by atoms with Crippen LogP contribution in [0.1, 0.15) is 104 Å². The van der Waals surface area contributed by atoms with Gasteiger partial charge in [0.25, 0.3) is 11.8 Å². The minimum atomic E-state index is -3.84. The van der Waals surface area contributed by atoms with E-state index in [0.29, 0.717) is 17.5 Å². The summed E-state index contributed by atoms with van der Waals surface area (Å²) >= 11 is 1.09. The van der Waals surface area contributed by atoms with Crippen molar-refractivity contribution in [1.29, 1.82) is 0 Å². The highest BCUT2D eigenvalue weighted by molar-refractivity contribution is 7.94. The van der Waals surface area contributed by atoms with Crippen molar-refractivity contribution < 1.29 is 37.2 Å². The molecule has 1 aromatic heterocycles. The first-order valence-electron chi connectivity index (χ1n) is 21.0. The first-order valence-corrected chi connectivity index (χ1v) is 23.4. The SMILES string of the molecule is C=CCNC(=O)C(=O)C(CCC)NC(=O)[C@@H]1[C@@H]2[C@H](CN1C(=O)[C@@H](NC(=O)N[C@H](CC(C)S(=O)(=O)c1cc(CN(C)C(=O)c3ccccc3)cs1)C(C)(C)C)C(C)(C)C)C2(C)C. The lowest BCUT2D eigenvalue weighted by atomic mass is 9.83. The minimum Gasteiger partial charge on any atom is -0.346 e. The number of urea groups is 1. The fourth-order valence-electron chi connectivity index (χ4n) is 8.20. The van der Waals surface area contributed by atoms with Crippen LogP contribution in [0.4, 0.5) is 4.79 Å². The highest BCUT2D eigenvalue weighted by Crippen LogP contribution is 2.65. The quantitative estimate of drug-likeness (QED) is 0.114. The molecule has 4 N–H and O–H groups in total. The number of carbonyl (C=O) groups is 6. The first kappa shape index (κ1) is 49.1. The number of nitrogens with one attached hydrogen (secondary N) is 4. The van der Waals surface area contributed by atoms with E-state index < -0.39 is 79.6 Å². The predicted molar refractivity (Wildman–Crippen MR) is 237 cm³/mol. The molecular formula is C45H66N6O8S2. The van der Waals surface area contributed by atoms with Crippen LogP contribution in [0.5, 0.6) is 0 Å². The maximum atomic E-state index is 14.6. The monoisotopic (exact) mass is 882 g/mol. The molecule has 1 aliphatic carbocycles. The van der Waals surface area contributed by atoms with Crippen LogP contribution in [-0.2, 0) is 35.6 Å². The number of ketones is 1. The number of fused-ring (bicyclic) bond motifs is 1.